The van der Waals surface area contributed by atoms with Gasteiger partial charge in [0.2, 0.25) is 0 Å². The van der Waals surface area contributed by atoms with E-state index in [1.54, 1.807) is 0 Å². The molecule has 3 heterocycles. The summed E-state index contributed by atoms with van der Waals surface area (Å²) in [7, 11) is 4.07. The maximum absolute atomic E-state index is 4.83. The van der Waals surface area contributed by atoms with E-state index in [-0.39, 0.29) is 0 Å². The second-order valence-electron chi connectivity index (χ2n) is 7.26. The maximum Gasteiger partial charge on any atom is 0.177 e. The van der Waals surface area contributed by atoms with E-state index >= 15 is 0 Å². The van der Waals surface area contributed by atoms with Crippen LogP contribution >= 0.6 is 0 Å². The van der Waals surface area contributed by atoms with Crippen LogP contribution in [0.4, 0.5) is 5.69 Å². The molecule has 0 saturated carbocycles. The fourth-order valence-electron chi connectivity index (χ4n) is 3.46. The Hall–Kier alpha value is -3.80. The minimum atomic E-state index is 0.653. The third-order valence-corrected chi connectivity index (χ3v) is 5.02. The predicted molar refractivity (Wildman–Crippen MR) is 115 cm³/mol. The van der Waals surface area contributed by atoms with E-state index in [2.05, 4.69) is 56.5 Å². The number of hydrogen-bond donors (Lipinski definition) is 0. The molecule has 0 N–H and O–H groups in total. The van der Waals surface area contributed by atoms with Gasteiger partial charge in [-0.25, -0.2) is 0 Å². The molecule has 0 amide bonds. The Labute approximate surface area is 168 Å². The van der Waals surface area contributed by atoms with Crippen molar-refractivity contribution in [3.8, 4) is 11.3 Å². The zero-order chi connectivity index (χ0) is 19.8. The highest BCUT2D eigenvalue weighted by Gasteiger charge is 2.11. The molecule has 2 aromatic carbocycles. The van der Waals surface area contributed by atoms with Gasteiger partial charge in [-0.1, -0.05) is 24.3 Å². The number of rotatable bonds is 4. The van der Waals surface area contributed by atoms with Crippen LogP contribution in [0.2, 0.25) is 0 Å². The van der Waals surface area contributed by atoms with Gasteiger partial charge in [-0.05, 0) is 48.0 Å². The SMILES string of the molecule is CN(C)c1cccc(-c2ccc3nnc(Cc4ccc5ncccc5c4)n3n2)c1. The first-order valence-electron chi connectivity index (χ1n) is 9.50. The molecule has 5 aromatic rings. The van der Waals surface area contributed by atoms with Gasteiger partial charge in [-0.2, -0.15) is 9.61 Å². The number of hydrogen-bond acceptors (Lipinski definition) is 5. The first kappa shape index (κ1) is 17.3. The van der Waals surface area contributed by atoms with Gasteiger partial charge in [0.15, 0.2) is 11.5 Å². The van der Waals surface area contributed by atoms with E-state index in [0.29, 0.717) is 6.42 Å². The van der Waals surface area contributed by atoms with Crippen molar-refractivity contribution >= 4 is 22.2 Å². The van der Waals surface area contributed by atoms with Crippen LogP contribution in [0.25, 0.3) is 27.8 Å². The topological polar surface area (TPSA) is 59.2 Å². The molecule has 0 aliphatic heterocycles. The van der Waals surface area contributed by atoms with Gasteiger partial charge in [0.05, 0.1) is 11.2 Å². The third kappa shape index (κ3) is 3.29. The summed E-state index contributed by atoms with van der Waals surface area (Å²) in [4.78, 5) is 6.47. The van der Waals surface area contributed by atoms with Crippen LogP contribution in [-0.2, 0) is 6.42 Å². The Morgan fingerprint density at radius 1 is 0.897 bits per heavy atom. The second-order valence-corrected chi connectivity index (χ2v) is 7.26. The molecule has 0 bridgehead atoms. The zero-order valence-electron chi connectivity index (χ0n) is 16.3. The van der Waals surface area contributed by atoms with Crippen molar-refractivity contribution in [3.05, 3.63) is 84.3 Å². The normalized spacial score (nSPS) is 11.2. The molecule has 0 saturated heterocycles. The van der Waals surface area contributed by atoms with E-state index in [0.717, 1.165) is 44.9 Å². The van der Waals surface area contributed by atoms with Gasteiger partial charge in [0.25, 0.3) is 0 Å². The number of nitrogens with zero attached hydrogens (tertiary/aromatic N) is 6. The highest BCUT2D eigenvalue weighted by Crippen LogP contribution is 2.23. The Morgan fingerprint density at radius 3 is 2.72 bits per heavy atom. The molecule has 0 unspecified atom stereocenters. The fraction of sp³-hybridized carbons (Fsp3) is 0.130. The molecular weight excluding hydrogens is 360 g/mol. The smallest absolute Gasteiger partial charge is 0.177 e. The van der Waals surface area contributed by atoms with E-state index in [4.69, 9.17) is 5.10 Å². The molecule has 0 aliphatic carbocycles. The Bertz CT molecular complexity index is 1320. The summed E-state index contributed by atoms with van der Waals surface area (Å²) in [5.74, 6) is 0.814. The maximum atomic E-state index is 4.83. The molecule has 29 heavy (non-hydrogen) atoms. The molecular formula is C23H20N6. The first-order valence-corrected chi connectivity index (χ1v) is 9.50. The van der Waals surface area contributed by atoms with Crippen LogP contribution < -0.4 is 4.90 Å². The van der Waals surface area contributed by atoms with Gasteiger partial charge < -0.3 is 4.90 Å². The summed E-state index contributed by atoms with van der Waals surface area (Å²) < 4.78 is 1.84. The van der Waals surface area contributed by atoms with Crippen molar-refractivity contribution in [2.75, 3.05) is 19.0 Å². The fourth-order valence-corrected chi connectivity index (χ4v) is 3.46. The van der Waals surface area contributed by atoms with Crippen molar-refractivity contribution in [1.82, 2.24) is 24.8 Å². The lowest BCUT2D eigenvalue weighted by atomic mass is 10.1. The van der Waals surface area contributed by atoms with Crippen LogP contribution in [0.15, 0.2) is 72.9 Å². The van der Waals surface area contributed by atoms with Gasteiger partial charge in [0.1, 0.15) is 0 Å². The lowest BCUT2D eigenvalue weighted by Gasteiger charge is -2.13. The van der Waals surface area contributed by atoms with Gasteiger partial charge >= 0.3 is 0 Å². The van der Waals surface area contributed by atoms with Crippen molar-refractivity contribution < 1.29 is 0 Å². The number of benzene rings is 2. The van der Waals surface area contributed by atoms with Crippen molar-refractivity contribution in [1.29, 1.82) is 0 Å². The molecule has 0 fully saturated rings. The minimum absolute atomic E-state index is 0.653. The summed E-state index contributed by atoms with van der Waals surface area (Å²) >= 11 is 0. The molecule has 6 heteroatoms. The highest BCUT2D eigenvalue weighted by atomic mass is 15.4. The Balaban J connectivity index is 1.53. The Kier molecular flexibility index (Phi) is 4.17. The van der Waals surface area contributed by atoms with Crippen molar-refractivity contribution in [3.63, 3.8) is 0 Å². The van der Waals surface area contributed by atoms with Crippen molar-refractivity contribution in [2.45, 2.75) is 6.42 Å². The number of pyridine rings is 1. The van der Waals surface area contributed by atoms with Gasteiger partial charge in [0, 0.05) is 43.4 Å². The molecule has 142 valence electrons. The van der Waals surface area contributed by atoms with E-state index in [9.17, 15) is 0 Å². The molecule has 0 spiro atoms. The Morgan fingerprint density at radius 2 is 1.83 bits per heavy atom. The molecule has 0 atom stereocenters. The minimum Gasteiger partial charge on any atom is -0.378 e. The van der Waals surface area contributed by atoms with Crippen LogP contribution in [0.3, 0.4) is 0 Å². The molecule has 0 radical (unpaired) electrons. The predicted octanol–water partition coefficient (Wildman–Crippen LogP) is 4.00. The number of fused-ring (bicyclic) bond motifs is 2. The lowest BCUT2D eigenvalue weighted by Crippen LogP contribution is -2.08. The third-order valence-electron chi connectivity index (χ3n) is 5.02. The first-order chi connectivity index (χ1) is 14.2. The number of anilines is 1. The molecule has 6 nitrogen and oxygen atoms in total. The summed E-state index contributed by atoms with van der Waals surface area (Å²) in [6, 6.07) is 22.6. The van der Waals surface area contributed by atoms with Gasteiger partial charge in [-0.15, -0.1) is 10.2 Å². The monoisotopic (exact) mass is 380 g/mol. The highest BCUT2D eigenvalue weighted by molar-refractivity contribution is 5.79. The van der Waals surface area contributed by atoms with Crippen LogP contribution in [-0.4, -0.2) is 38.9 Å². The van der Waals surface area contributed by atoms with E-state index in [1.165, 1.54) is 0 Å². The summed E-state index contributed by atoms with van der Waals surface area (Å²) in [5.41, 5.74) is 5.98. The lowest BCUT2D eigenvalue weighted by molar-refractivity contribution is 0.842. The molecule has 0 aliphatic rings. The van der Waals surface area contributed by atoms with Crippen LogP contribution in [0.1, 0.15) is 11.4 Å². The van der Waals surface area contributed by atoms with E-state index < -0.39 is 0 Å². The second kappa shape index (κ2) is 6.98. The molecule has 3 aromatic heterocycles. The molecule has 5 rings (SSSR count). The average molecular weight is 380 g/mol. The summed E-state index contributed by atoms with van der Waals surface area (Å²) in [6.07, 6.45) is 2.46. The van der Waals surface area contributed by atoms with Crippen molar-refractivity contribution in [2.24, 2.45) is 0 Å². The quantitative estimate of drug-likeness (QED) is 0.472. The largest absolute Gasteiger partial charge is 0.378 e. The van der Waals surface area contributed by atoms with Crippen LogP contribution in [0.5, 0.6) is 0 Å². The van der Waals surface area contributed by atoms with Crippen LogP contribution in [0, 0.1) is 0 Å². The zero-order valence-corrected chi connectivity index (χ0v) is 16.3. The van der Waals surface area contributed by atoms with Gasteiger partial charge in [-0.3, -0.25) is 4.98 Å². The van der Waals surface area contributed by atoms with E-state index in [1.807, 2.05) is 55.1 Å². The average Bonchev–Trinajstić information content (AvgIpc) is 3.15. The standard InChI is InChI=1S/C23H20N6/c1-28(2)19-7-3-5-18(15-19)21-10-11-22-25-26-23(29(22)27-21)14-16-8-9-20-17(13-16)6-4-12-24-20/h3-13,15H,14H2,1-2H3. The summed E-state index contributed by atoms with van der Waals surface area (Å²) in [5, 5.41) is 14.6. The number of aromatic nitrogens is 5. The summed E-state index contributed by atoms with van der Waals surface area (Å²) in [6.45, 7) is 0.